The lowest BCUT2D eigenvalue weighted by Gasteiger charge is -2.41. The summed E-state index contributed by atoms with van der Waals surface area (Å²) < 4.78 is 21.2. The fourth-order valence-corrected chi connectivity index (χ4v) is 6.79. The number of anilines is 1. The van der Waals surface area contributed by atoms with Crippen LogP contribution in [0.5, 0.6) is 5.88 Å². The lowest BCUT2D eigenvalue weighted by molar-refractivity contribution is -0.150. The Morgan fingerprint density at radius 2 is 1.87 bits per heavy atom. The molecule has 0 spiro atoms. The van der Waals surface area contributed by atoms with Crippen molar-refractivity contribution < 1.29 is 33.7 Å². The zero-order valence-electron chi connectivity index (χ0n) is 25.7. The molecule has 2 atom stereocenters. The van der Waals surface area contributed by atoms with Gasteiger partial charge in [-0.3, -0.25) is 24.2 Å². The van der Waals surface area contributed by atoms with Crippen molar-refractivity contribution in [3.63, 3.8) is 0 Å². The van der Waals surface area contributed by atoms with Gasteiger partial charge in [0.1, 0.15) is 11.4 Å². The van der Waals surface area contributed by atoms with Crippen LogP contribution in [0.1, 0.15) is 29.2 Å². The number of rotatable bonds is 7. The molecule has 1 fully saturated rings. The van der Waals surface area contributed by atoms with E-state index in [1.54, 1.807) is 32.2 Å². The minimum Gasteiger partial charge on any atom is -0.481 e. The van der Waals surface area contributed by atoms with Gasteiger partial charge in [0.05, 0.1) is 23.7 Å². The molecule has 13 heteroatoms. The van der Waals surface area contributed by atoms with E-state index in [1.807, 2.05) is 6.07 Å². The maximum Gasteiger partial charge on any atom is 0.309 e. The summed E-state index contributed by atoms with van der Waals surface area (Å²) in [5.41, 5.74) is 4.17. The van der Waals surface area contributed by atoms with Crippen LogP contribution in [0.2, 0.25) is 5.02 Å². The molecule has 1 unspecified atom stereocenters. The van der Waals surface area contributed by atoms with E-state index in [1.165, 1.54) is 37.3 Å². The first-order valence-electron chi connectivity index (χ1n) is 14.7. The number of hydrogen-bond donors (Lipinski definition) is 3. The van der Waals surface area contributed by atoms with Gasteiger partial charge in [-0.05, 0) is 49.1 Å². The number of amides is 2. The van der Waals surface area contributed by atoms with Gasteiger partial charge in [-0.15, -0.1) is 0 Å². The molecule has 3 N–H and O–H groups in total. The SMILES string of the molecule is COc1nc(-c2cccc(-c3c(F)ccc(NC(=O)C4=CN(C)C(O)N(C)C4=O)c3C)c2Cl)cc2c1[C@@H](N1CC(C(=O)O)C1)CC2. The molecule has 1 aromatic heterocycles. The number of nitrogens with one attached hydrogen (secondary N) is 1. The Hall–Kier alpha value is -4.52. The number of carboxylic acid groups (broad SMARTS) is 1. The zero-order chi connectivity index (χ0) is 33.0. The summed E-state index contributed by atoms with van der Waals surface area (Å²) in [7, 11) is 4.46. The molecule has 0 bridgehead atoms. The number of pyridine rings is 1. The molecule has 3 aromatic rings. The lowest BCUT2D eigenvalue weighted by Crippen LogP contribution is -2.51. The molecule has 2 amide bonds. The number of carbonyl (C=O) groups excluding carboxylic acids is 2. The number of aliphatic carboxylic acids is 1. The normalized spacial score (nSPS) is 19.9. The molecule has 3 heterocycles. The summed E-state index contributed by atoms with van der Waals surface area (Å²) >= 11 is 6.98. The van der Waals surface area contributed by atoms with E-state index < -0.39 is 30.0 Å². The average molecular weight is 650 g/mol. The van der Waals surface area contributed by atoms with Gasteiger partial charge in [0.15, 0.2) is 0 Å². The van der Waals surface area contributed by atoms with Gasteiger partial charge in [-0.2, -0.15) is 0 Å². The van der Waals surface area contributed by atoms with E-state index in [-0.39, 0.29) is 33.8 Å². The van der Waals surface area contributed by atoms with Crippen molar-refractivity contribution in [3.8, 4) is 28.3 Å². The summed E-state index contributed by atoms with van der Waals surface area (Å²) in [4.78, 5) is 46.5. The zero-order valence-corrected chi connectivity index (χ0v) is 26.4. The standard InChI is InChI=1S/C33H33ClFN5O6/c1-16-23(36-29(41)21-15-38(2)33(45)39(3)31(21)42)10-9-22(35)26(16)20-7-5-6-19(28(20)34)24-12-17-8-11-25(27(17)30(37-24)46-4)40-13-18(14-40)32(43)44/h5-7,9-10,12,15,18,25,33,45H,8,11,13-14H2,1-4H3,(H,36,41)(H,43,44)/t25-,33?/m0/s1. The van der Waals surface area contributed by atoms with Crippen LogP contribution < -0.4 is 10.1 Å². The van der Waals surface area contributed by atoms with Gasteiger partial charge in [0.2, 0.25) is 12.2 Å². The van der Waals surface area contributed by atoms with Gasteiger partial charge < -0.3 is 25.2 Å². The molecule has 2 aromatic carbocycles. The summed E-state index contributed by atoms with van der Waals surface area (Å²) in [5, 5.41) is 22.4. The Kier molecular flexibility index (Phi) is 8.21. The van der Waals surface area contributed by atoms with E-state index in [9.17, 15) is 24.6 Å². The Balaban J connectivity index is 1.32. The van der Waals surface area contributed by atoms with Crippen molar-refractivity contribution in [2.24, 2.45) is 5.92 Å². The first-order valence-corrected chi connectivity index (χ1v) is 15.1. The molecule has 11 nitrogen and oxygen atoms in total. The number of carboxylic acids is 1. The minimum atomic E-state index is -1.20. The number of aryl methyl sites for hydroxylation is 1. The molecule has 6 rings (SSSR count). The van der Waals surface area contributed by atoms with Gasteiger partial charge >= 0.3 is 5.97 Å². The second kappa shape index (κ2) is 12.0. The van der Waals surface area contributed by atoms with Crippen LogP contribution in [-0.4, -0.2) is 88.3 Å². The molecule has 1 aliphatic carbocycles. The number of likely N-dealkylation sites (tertiary alicyclic amines) is 1. The predicted octanol–water partition coefficient (Wildman–Crippen LogP) is 4.03. The van der Waals surface area contributed by atoms with E-state index in [2.05, 4.69) is 10.2 Å². The first-order chi connectivity index (χ1) is 21.9. The molecule has 240 valence electrons. The van der Waals surface area contributed by atoms with Gasteiger partial charge in [0.25, 0.3) is 11.8 Å². The molecule has 3 aliphatic rings. The number of methoxy groups -OCH3 is 1. The fourth-order valence-electron chi connectivity index (χ4n) is 6.47. The molecular formula is C33H33ClFN5O6. The minimum absolute atomic E-state index is 0.0177. The number of aliphatic hydroxyl groups is 1. The Morgan fingerprint density at radius 1 is 1.15 bits per heavy atom. The molecule has 0 radical (unpaired) electrons. The van der Waals surface area contributed by atoms with Crippen LogP contribution in [-0.2, 0) is 20.8 Å². The van der Waals surface area contributed by atoms with Crippen LogP contribution in [0.4, 0.5) is 10.1 Å². The molecule has 2 aliphatic heterocycles. The van der Waals surface area contributed by atoms with Crippen molar-refractivity contribution in [1.29, 1.82) is 0 Å². The highest BCUT2D eigenvalue weighted by molar-refractivity contribution is 6.36. The Morgan fingerprint density at radius 3 is 2.57 bits per heavy atom. The van der Waals surface area contributed by atoms with Gasteiger partial charge in [-0.1, -0.05) is 29.8 Å². The van der Waals surface area contributed by atoms with Crippen LogP contribution in [0.15, 0.2) is 48.2 Å². The number of hydrogen-bond acceptors (Lipinski definition) is 8. The molecule has 0 saturated carbocycles. The van der Waals surface area contributed by atoms with Gasteiger partial charge in [0, 0.05) is 67.4 Å². The highest BCUT2D eigenvalue weighted by Gasteiger charge is 2.41. The quantitative estimate of drug-likeness (QED) is 0.324. The maximum atomic E-state index is 15.5. The van der Waals surface area contributed by atoms with Crippen LogP contribution in [0.25, 0.3) is 22.4 Å². The predicted molar refractivity (Wildman–Crippen MR) is 168 cm³/mol. The number of ether oxygens (including phenoxy) is 1. The lowest BCUT2D eigenvalue weighted by atomic mass is 9.94. The number of aliphatic hydroxyl groups excluding tert-OH is 1. The van der Waals surface area contributed by atoms with Gasteiger partial charge in [-0.25, -0.2) is 9.37 Å². The second-order valence-electron chi connectivity index (χ2n) is 11.8. The van der Waals surface area contributed by atoms with E-state index in [0.717, 1.165) is 28.9 Å². The van der Waals surface area contributed by atoms with Crippen LogP contribution in [0.3, 0.4) is 0 Å². The maximum absolute atomic E-state index is 15.5. The molecular weight excluding hydrogens is 617 g/mol. The van der Waals surface area contributed by atoms with Crippen molar-refractivity contribution in [2.75, 3.05) is 39.6 Å². The second-order valence-corrected chi connectivity index (χ2v) is 12.2. The molecule has 1 saturated heterocycles. The number of halogens is 2. The first kappa shape index (κ1) is 31.5. The van der Waals surface area contributed by atoms with Crippen molar-refractivity contribution in [2.45, 2.75) is 32.2 Å². The van der Waals surface area contributed by atoms with E-state index in [4.69, 9.17) is 21.3 Å². The topological polar surface area (TPSA) is 136 Å². The Labute approximate surface area is 269 Å². The summed E-state index contributed by atoms with van der Waals surface area (Å²) in [6, 6.07) is 9.84. The summed E-state index contributed by atoms with van der Waals surface area (Å²) in [6.45, 7) is 2.61. The van der Waals surface area contributed by atoms with Crippen LogP contribution >= 0.6 is 11.6 Å². The third kappa shape index (κ3) is 5.25. The molecule has 46 heavy (non-hydrogen) atoms. The fraction of sp³-hybridized carbons (Fsp3) is 0.333. The number of benzene rings is 2. The monoisotopic (exact) mass is 649 g/mol. The summed E-state index contributed by atoms with van der Waals surface area (Å²) in [6.07, 6.45) is 1.64. The summed E-state index contributed by atoms with van der Waals surface area (Å²) in [5.74, 6) is -2.64. The third-order valence-electron chi connectivity index (χ3n) is 9.07. The van der Waals surface area contributed by atoms with Crippen molar-refractivity contribution in [1.82, 2.24) is 19.7 Å². The number of likely N-dealkylation sites (N-methyl/N-ethyl adjacent to an activating group) is 1. The van der Waals surface area contributed by atoms with E-state index >= 15 is 4.39 Å². The van der Waals surface area contributed by atoms with Crippen LogP contribution in [0, 0.1) is 18.7 Å². The highest BCUT2D eigenvalue weighted by atomic mass is 35.5. The number of aromatic nitrogens is 1. The number of fused-ring (bicyclic) bond motifs is 1. The van der Waals surface area contributed by atoms with Crippen molar-refractivity contribution >= 4 is 35.1 Å². The smallest absolute Gasteiger partial charge is 0.309 e. The highest BCUT2D eigenvalue weighted by Crippen LogP contribution is 2.46. The van der Waals surface area contributed by atoms with E-state index in [0.29, 0.717) is 41.4 Å². The third-order valence-corrected chi connectivity index (χ3v) is 9.48. The average Bonchev–Trinajstić information content (AvgIpc) is 3.42. The number of carbonyl (C=O) groups is 3. The van der Waals surface area contributed by atoms with Crippen molar-refractivity contribution in [3.05, 3.63) is 75.7 Å². The largest absolute Gasteiger partial charge is 0.481 e. The number of nitrogens with zero attached hydrogens (tertiary/aromatic N) is 4. The Bertz CT molecular complexity index is 1810.